The minimum atomic E-state index is -0.130. The van der Waals surface area contributed by atoms with Crippen LogP contribution in [0.25, 0.3) is 10.9 Å². The Morgan fingerprint density at radius 1 is 1.44 bits per heavy atom. The van der Waals surface area contributed by atoms with Crippen LogP contribution in [0, 0.1) is 5.21 Å². The quantitative estimate of drug-likeness (QED) is 0.489. The molecule has 0 aliphatic carbocycles. The second kappa shape index (κ2) is 4.63. The Morgan fingerprint density at radius 2 is 2.25 bits per heavy atom. The first-order valence-corrected chi connectivity index (χ1v) is 4.68. The van der Waals surface area contributed by atoms with E-state index in [4.69, 9.17) is 0 Å². The SMILES string of the molecule is COCO[N+]([O-])=Nc1c[nH]c2ccccc12. The summed E-state index contributed by atoms with van der Waals surface area (Å²) < 4.78 is 4.59. The molecule has 0 amide bonds. The third-order valence-corrected chi connectivity index (χ3v) is 2.04. The number of nitrogens with one attached hydrogen (secondary N) is 1. The molecule has 6 nitrogen and oxygen atoms in total. The highest BCUT2D eigenvalue weighted by atomic mass is 16.9. The number of methoxy groups -OCH3 is 1. The van der Waals surface area contributed by atoms with Crippen LogP contribution in [0.1, 0.15) is 0 Å². The van der Waals surface area contributed by atoms with E-state index in [1.54, 1.807) is 6.20 Å². The van der Waals surface area contributed by atoms with Crippen LogP contribution in [-0.4, -0.2) is 23.9 Å². The number of hydrogen-bond acceptors (Lipinski definition) is 4. The van der Waals surface area contributed by atoms with Crippen LogP contribution in [0.4, 0.5) is 5.69 Å². The van der Waals surface area contributed by atoms with Gasteiger partial charge in [0.05, 0.1) is 5.11 Å². The topological polar surface area (TPSA) is 72.7 Å². The molecule has 2 aromatic rings. The summed E-state index contributed by atoms with van der Waals surface area (Å²) in [5.41, 5.74) is 1.45. The highest BCUT2D eigenvalue weighted by Crippen LogP contribution is 2.25. The van der Waals surface area contributed by atoms with E-state index in [0.717, 1.165) is 10.9 Å². The number of fused-ring (bicyclic) bond motifs is 1. The Bertz CT molecular complexity index is 507. The fourth-order valence-electron chi connectivity index (χ4n) is 1.35. The summed E-state index contributed by atoms with van der Waals surface area (Å²) in [5, 5.41) is 15.9. The lowest BCUT2D eigenvalue weighted by atomic mass is 10.2. The molecule has 0 bridgehead atoms. The van der Waals surface area contributed by atoms with Crippen LogP contribution >= 0.6 is 0 Å². The maximum Gasteiger partial charge on any atom is 0.176 e. The molecule has 1 aromatic heterocycles. The second-order valence-electron chi connectivity index (χ2n) is 3.09. The van der Waals surface area contributed by atoms with Crippen molar-refractivity contribution in [2.24, 2.45) is 5.11 Å². The Morgan fingerprint density at radius 3 is 3.06 bits per heavy atom. The minimum Gasteiger partial charge on any atom is -0.368 e. The van der Waals surface area contributed by atoms with E-state index < -0.39 is 0 Å². The molecule has 0 saturated carbocycles. The molecule has 0 unspecified atom stereocenters. The predicted octanol–water partition coefficient (Wildman–Crippen LogP) is 2.30. The fraction of sp³-hybridized carbons (Fsp3) is 0.200. The summed E-state index contributed by atoms with van der Waals surface area (Å²) in [4.78, 5) is 7.59. The first-order chi connectivity index (χ1) is 7.81. The Labute approximate surface area is 91.6 Å². The van der Waals surface area contributed by atoms with E-state index in [2.05, 4.69) is 19.7 Å². The number of benzene rings is 1. The predicted molar refractivity (Wildman–Crippen MR) is 57.0 cm³/mol. The van der Waals surface area contributed by atoms with Crippen molar-refractivity contribution in [1.82, 2.24) is 4.98 Å². The Hall–Kier alpha value is -2.08. The molecule has 0 radical (unpaired) electrons. The molecule has 0 aliphatic rings. The van der Waals surface area contributed by atoms with Gasteiger partial charge in [0, 0.05) is 24.2 Å². The summed E-state index contributed by atoms with van der Waals surface area (Å²) in [6.45, 7) is -0.130. The van der Waals surface area contributed by atoms with Crippen LogP contribution in [0.2, 0.25) is 0 Å². The van der Waals surface area contributed by atoms with Gasteiger partial charge in [-0.15, -0.1) is 0 Å². The number of aromatic amines is 1. The Kier molecular flexibility index (Phi) is 3.02. The molecule has 1 N–H and O–H groups in total. The van der Waals surface area contributed by atoms with Gasteiger partial charge in [-0.25, -0.2) is 5.21 Å². The number of aromatic nitrogens is 1. The van der Waals surface area contributed by atoms with Gasteiger partial charge in [0.1, 0.15) is 0 Å². The van der Waals surface area contributed by atoms with E-state index in [1.165, 1.54) is 7.11 Å². The summed E-state index contributed by atoms with van der Waals surface area (Å²) in [7, 11) is 1.43. The number of H-pyrrole nitrogens is 1. The number of ether oxygens (including phenoxy) is 1. The lowest BCUT2D eigenvalue weighted by molar-refractivity contribution is -0.795. The molecular weight excluding hydrogens is 210 g/mol. The van der Waals surface area contributed by atoms with E-state index in [0.29, 0.717) is 5.69 Å². The van der Waals surface area contributed by atoms with Gasteiger partial charge in [-0.1, -0.05) is 18.2 Å². The summed E-state index contributed by atoms with van der Waals surface area (Å²) >= 11 is 0. The van der Waals surface area contributed by atoms with Crippen LogP contribution in [-0.2, 0) is 9.57 Å². The minimum absolute atomic E-state index is 0.130. The molecule has 6 heteroatoms. The van der Waals surface area contributed by atoms with Crippen molar-refractivity contribution in [3.63, 3.8) is 0 Å². The van der Waals surface area contributed by atoms with Crippen molar-refractivity contribution in [1.29, 1.82) is 0 Å². The highest BCUT2D eigenvalue weighted by molar-refractivity contribution is 5.90. The van der Waals surface area contributed by atoms with E-state index in [9.17, 15) is 5.21 Å². The molecule has 16 heavy (non-hydrogen) atoms. The number of rotatable bonds is 4. The first kappa shape index (κ1) is 10.4. The Balaban J connectivity index is 2.27. The molecule has 0 fully saturated rings. The van der Waals surface area contributed by atoms with Gasteiger partial charge in [-0.05, 0) is 6.07 Å². The molecule has 84 valence electrons. The summed E-state index contributed by atoms with van der Waals surface area (Å²) in [5.74, 6) is 0. The molecular formula is C10H11N3O3. The van der Waals surface area contributed by atoms with Gasteiger partial charge in [0.25, 0.3) is 0 Å². The van der Waals surface area contributed by atoms with Crippen molar-refractivity contribution < 1.29 is 14.6 Å². The first-order valence-electron chi connectivity index (χ1n) is 4.68. The molecule has 0 spiro atoms. The lowest BCUT2D eigenvalue weighted by Crippen LogP contribution is -2.04. The van der Waals surface area contributed by atoms with Gasteiger partial charge in [-0.2, -0.15) is 0 Å². The van der Waals surface area contributed by atoms with E-state index >= 15 is 0 Å². The normalized spacial score (nSPS) is 11.9. The monoisotopic (exact) mass is 221 g/mol. The van der Waals surface area contributed by atoms with Crippen LogP contribution in [0.5, 0.6) is 0 Å². The third-order valence-electron chi connectivity index (χ3n) is 2.04. The van der Waals surface area contributed by atoms with Crippen molar-refractivity contribution >= 4 is 16.6 Å². The van der Waals surface area contributed by atoms with Gasteiger partial charge < -0.3 is 14.6 Å². The molecule has 1 heterocycles. The zero-order chi connectivity index (χ0) is 11.4. The average molecular weight is 221 g/mol. The number of hydrogen-bond donors (Lipinski definition) is 1. The zero-order valence-corrected chi connectivity index (χ0v) is 8.71. The van der Waals surface area contributed by atoms with Gasteiger partial charge in [0.2, 0.25) is 0 Å². The summed E-state index contributed by atoms with van der Waals surface area (Å²) in [6, 6.07) is 7.55. The zero-order valence-electron chi connectivity index (χ0n) is 8.71. The standard InChI is InChI=1S/C10H11N3O3/c1-15-7-16-13(14)12-10-6-11-9-5-3-2-4-8(9)10/h2-6,11H,7H2,1H3. The van der Waals surface area contributed by atoms with Crippen LogP contribution in [0.3, 0.4) is 0 Å². The highest BCUT2D eigenvalue weighted by Gasteiger charge is 2.06. The average Bonchev–Trinajstić information content (AvgIpc) is 2.70. The third kappa shape index (κ3) is 2.12. The summed E-state index contributed by atoms with van der Waals surface area (Å²) in [6.07, 6.45) is 1.64. The molecule has 0 saturated heterocycles. The van der Waals surface area contributed by atoms with Gasteiger partial charge in [-0.3, -0.25) is 0 Å². The van der Waals surface area contributed by atoms with Crippen molar-refractivity contribution in [3.8, 4) is 0 Å². The van der Waals surface area contributed by atoms with E-state index in [1.807, 2.05) is 24.3 Å². The second-order valence-corrected chi connectivity index (χ2v) is 3.09. The van der Waals surface area contributed by atoms with Gasteiger partial charge in [0.15, 0.2) is 17.5 Å². The maximum atomic E-state index is 11.1. The van der Waals surface area contributed by atoms with Crippen LogP contribution in [0.15, 0.2) is 35.6 Å². The van der Waals surface area contributed by atoms with Crippen molar-refractivity contribution in [2.45, 2.75) is 0 Å². The van der Waals surface area contributed by atoms with Gasteiger partial charge >= 0.3 is 0 Å². The molecule has 2 rings (SSSR count). The van der Waals surface area contributed by atoms with Crippen molar-refractivity contribution in [3.05, 3.63) is 35.7 Å². The maximum absolute atomic E-state index is 11.1. The largest absolute Gasteiger partial charge is 0.368 e. The van der Waals surface area contributed by atoms with E-state index in [-0.39, 0.29) is 11.8 Å². The fourth-order valence-corrected chi connectivity index (χ4v) is 1.35. The van der Waals surface area contributed by atoms with Crippen molar-refractivity contribution in [2.75, 3.05) is 13.9 Å². The van der Waals surface area contributed by atoms with Crippen LogP contribution < -0.4 is 0 Å². The molecule has 1 aromatic carbocycles. The number of nitrogens with zero attached hydrogens (tertiary/aromatic N) is 2. The molecule has 0 atom stereocenters. The smallest absolute Gasteiger partial charge is 0.176 e. The number of para-hydroxylation sites is 1. The molecule has 0 aliphatic heterocycles. The lowest BCUT2D eigenvalue weighted by Gasteiger charge is -1.99.